The maximum atomic E-state index is 12.9. The Bertz CT molecular complexity index is 1140. The quantitative estimate of drug-likeness (QED) is 0.570. The van der Waals surface area contributed by atoms with Gasteiger partial charge in [-0.2, -0.15) is 4.31 Å². The van der Waals surface area contributed by atoms with Crippen molar-refractivity contribution in [1.29, 1.82) is 0 Å². The van der Waals surface area contributed by atoms with E-state index in [0.717, 1.165) is 21.8 Å². The first-order valence-corrected chi connectivity index (χ1v) is 11.4. The minimum absolute atomic E-state index is 0.0687. The average molecular weight is 450 g/mol. The zero-order chi connectivity index (χ0) is 21.9. The van der Waals surface area contributed by atoms with Crippen LogP contribution in [0.5, 0.6) is 0 Å². The van der Waals surface area contributed by atoms with E-state index in [1.54, 1.807) is 35.0 Å². The number of amides is 1. The second-order valence-electron chi connectivity index (χ2n) is 7.11. The molecule has 1 heterocycles. The van der Waals surface area contributed by atoms with Gasteiger partial charge in [0.15, 0.2) is 0 Å². The number of fused-ring (bicyclic) bond motifs is 1. The van der Waals surface area contributed by atoms with Crippen molar-refractivity contribution in [3.63, 3.8) is 0 Å². The van der Waals surface area contributed by atoms with Crippen LogP contribution in [0, 0.1) is 0 Å². The molecule has 0 fully saturated rings. The van der Waals surface area contributed by atoms with E-state index in [2.05, 4.69) is 15.6 Å². The molecule has 1 amide bonds. The van der Waals surface area contributed by atoms with E-state index in [4.69, 9.17) is 11.6 Å². The Morgan fingerprint density at radius 1 is 1.23 bits per heavy atom. The summed E-state index contributed by atoms with van der Waals surface area (Å²) in [6.07, 6.45) is 0.881. The summed E-state index contributed by atoms with van der Waals surface area (Å²) in [6.45, 7) is 4.06. The number of carbonyl (C=O) groups is 1. The van der Waals surface area contributed by atoms with Crippen LogP contribution in [0.2, 0.25) is 5.02 Å². The van der Waals surface area contributed by atoms with Crippen LogP contribution >= 0.6 is 11.6 Å². The minimum atomic E-state index is -3.85. The van der Waals surface area contributed by atoms with Gasteiger partial charge in [0.05, 0.1) is 23.0 Å². The molecule has 0 aliphatic carbocycles. The lowest BCUT2D eigenvalue weighted by molar-refractivity contribution is -0.121. The molecule has 1 aromatic heterocycles. The number of sulfonamides is 1. The molecule has 0 spiro atoms. The third kappa shape index (κ3) is 4.80. The van der Waals surface area contributed by atoms with Gasteiger partial charge in [-0.25, -0.2) is 13.1 Å². The highest BCUT2D eigenvalue weighted by molar-refractivity contribution is 7.89. The lowest BCUT2D eigenvalue weighted by atomic mass is 10.2. The highest BCUT2D eigenvalue weighted by Crippen LogP contribution is 2.22. The van der Waals surface area contributed by atoms with E-state index < -0.39 is 15.9 Å². The second kappa shape index (κ2) is 9.11. The number of hydrogen-bond donors (Lipinski definition) is 1. The lowest BCUT2D eigenvalue weighted by Gasteiger charge is -2.17. The fourth-order valence-corrected chi connectivity index (χ4v) is 4.18. The van der Waals surface area contributed by atoms with Crippen molar-refractivity contribution in [2.24, 2.45) is 0 Å². The Labute approximate surface area is 180 Å². The van der Waals surface area contributed by atoms with Crippen LogP contribution < -0.4 is 5.32 Å². The number of likely N-dealkylation sites (N-methyl/N-ethyl adjacent to an activating group) is 1. The summed E-state index contributed by atoms with van der Waals surface area (Å²) in [5.74, 6) is -0.403. The molecule has 0 bridgehead atoms. The lowest BCUT2D eigenvalue weighted by Crippen LogP contribution is -2.38. The summed E-state index contributed by atoms with van der Waals surface area (Å²) in [5, 5.41) is 11.5. The zero-order valence-electron chi connectivity index (χ0n) is 17.0. The summed E-state index contributed by atoms with van der Waals surface area (Å²) >= 11 is 5.84. The van der Waals surface area contributed by atoms with Gasteiger partial charge in [-0.05, 0) is 49.2 Å². The second-order valence-corrected chi connectivity index (χ2v) is 9.59. The summed E-state index contributed by atoms with van der Waals surface area (Å²) in [5.41, 5.74) is 2.14. The molecule has 1 N–H and O–H groups in total. The molecule has 160 valence electrons. The molecule has 0 aliphatic heterocycles. The molecule has 3 rings (SSSR count). The third-order valence-corrected chi connectivity index (χ3v) is 6.98. The first kappa shape index (κ1) is 22.2. The molecule has 10 heteroatoms. The summed E-state index contributed by atoms with van der Waals surface area (Å²) in [7, 11) is -2.48. The van der Waals surface area contributed by atoms with Crippen LogP contribution in [0.3, 0.4) is 0 Å². The van der Waals surface area contributed by atoms with E-state index in [1.807, 2.05) is 13.8 Å². The summed E-state index contributed by atoms with van der Waals surface area (Å²) in [4.78, 5) is 12.3. The normalized spacial score (nSPS) is 13.0. The van der Waals surface area contributed by atoms with Gasteiger partial charge in [0.25, 0.3) is 0 Å². The molecular weight excluding hydrogens is 426 g/mol. The Hall–Kier alpha value is -2.49. The number of nitrogens with one attached hydrogen (secondary N) is 1. The molecule has 1 atom stereocenters. The first-order valence-electron chi connectivity index (χ1n) is 9.54. The third-order valence-electron chi connectivity index (χ3n) is 4.93. The van der Waals surface area contributed by atoms with E-state index in [0.29, 0.717) is 10.5 Å². The van der Waals surface area contributed by atoms with Gasteiger partial charge in [0.2, 0.25) is 15.9 Å². The van der Waals surface area contributed by atoms with Crippen LogP contribution in [0.1, 0.15) is 31.9 Å². The van der Waals surface area contributed by atoms with Crippen molar-refractivity contribution in [1.82, 2.24) is 24.6 Å². The number of halogens is 1. The number of aromatic nitrogens is 3. The van der Waals surface area contributed by atoms with Crippen molar-refractivity contribution < 1.29 is 13.2 Å². The van der Waals surface area contributed by atoms with Crippen molar-refractivity contribution in [2.45, 2.75) is 37.8 Å². The maximum Gasteiger partial charge on any atom is 0.243 e. The Morgan fingerprint density at radius 3 is 2.60 bits per heavy atom. The predicted molar refractivity (Wildman–Crippen MR) is 116 cm³/mol. The predicted octanol–water partition coefficient (Wildman–Crippen LogP) is 2.99. The fourth-order valence-electron chi connectivity index (χ4n) is 2.91. The van der Waals surface area contributed by atoms with Crippen LogP contribution in [-0.2, 0) is 21.4 Å². The molecule has 8 nitrogen and oxygen atoms in total. The smallest absolute Gasteiger partial charge is 0.243 e. The molecule has 30 heavy (non-hydrogen) atoms. The monoisotopic (exact) mass is 449 g/mol. The number of benzene rings is 2. The van der Waals surface area contributed by atoms with Gasteiger partial charge in [0.1, 0.15) is 5.52 Å². The zero-order valence-corrected chi connectivity index (χ0v) is 18.6. The van der Waals surface area contributed by atoms with Crippen molar-refractivity contribution in [3.8, 4) is 0 Å². The molecule has 0 saturated carbocycles. The molecule has 3 aromatic rings. The van der Waals surface area contributed by atoms with Gasteiger partial charge >= 0.3 is 0 Å². The van der Waals surface area contributed by atoms with E-state index >= 15 is 0 Å². The van der Waals surface area contributed by atoms with Gasteiger partial charge in [-0.1, -0.05) is 35.9 Å². The largest absolute Gasteiger partial charge is 0.351 e. The standard InChI is InChI=1S/C20H24ClN5O3S/c1-4-14(2)26-19-10-9-17(11-18(19)23-24-26)30(28,29)25(3)13-20(27)22-12-15-5-7-16(21)8-6-15/h5-11,14H,4,12-13H2,1-3H3,(H,22,27)/t14-/m0/s1. The molecule has 0 aliphatic rings. The Kier molecular flexibility index (Phi) is 6.74. The van der Waals surface area contributed by atoms with Crippen molar-refractivity contribution in [3.05, 3.63) is 53.1 Å². The van der Waals surface area contributed by atoms with Crippen LogP contribution in [-0.4, -0.2) is 47.2 Å². The number of nitrogens with zero attached hydrogens (tertiary/aromatic N) is 4. The molecular formula is C20H24ClN5O3S. The van der Waals surface area contributed by atoms with E-state index in [-0.39, 0.29) is 24.0 Å². The number of hydrogen-bond acceptors (Lipinski definition) is 5. The molecule has 2 aromatic carbocycles. The summed E-state index contributed by atoms with van der Waals surface area (Å²) < 4.78 is 28.6. The minimum Gasteiger partial charge on any atom is -0.351 e. The maximum absolute atomic E-state index is 12.9. The van der Waals surface area contributed by atoms with Crippen LogP contribution in [0.15, 0.2) is 47.4 Å². The summed E-state index contributed by atoms with van der Waals surface area (Å²) in [6, 6.07) is 11.9. The van der Waals surface area contributed by atoms with Gasteiger partial charge < -0.3 is 5.32 Å². The molecule has 0 saturated heterocycles. The average Bonchev–Trinajstić information content (AvgIpc) is 3.16. The van der Waals surface area contributed by atoms with Gasteiger partial charge in [-0.3, -0.25) is 4.79 Å². The fraction of sp³-hybridized carbons (Fsp3) is 0.350. The van der Waals surface area contributed by atoms with Crippen LogP contribution in [0.4, 0.5) is 0 Å². The van der Waals surface area contributed by atoms with Crippen molar-refractivity contribution >= 4 is 38.6 Å². The van der Waals surface area contributed by atoms with Crippen molar-refractivity contribution in [2.75, 3.05) is 13.6 Å². The first-order chi connectivity index (χ1) is 14.2. The molecule has 0 unspecified atom stereocenters. The molecule has 0 radical (unpaired) electrons. The topological polar surface area (TPSA) is 97.2 Å². The van der Waals surface area contributed by atoms with Gasteiger partial charge in [-0.15, -0.1) is 5.10 Å². The Balaban J connectivity index is 1.69. The highest BCUT2D eigenvalue weighted by Gasteiger charge is 2.24. The van der Waals surface area contributed by atoms with Crippen LogP contribution in [0.25, 0.3) is 11.0 Å². The number of carbonyl (C=O) groups excluding carboxylic acids is 1. The number of rotatable bonds is 8. The van der Waals surface area contributed by atoms with E-state index in [1.165, 1.54) is 19.2 Å². The highest BCUT2D eigenvalue weighted by atomic mass is 35.5. The van der Waals surface area contributed by atoms with E-state index in [9.17, 15) is 13.2 Å². The van der Waals surface area contributed by atoms with Gasteiger partial charge in [0, 0.05) is 18.6 Å². The Morgan fingerprint density at radius 2 is 1.93 bits per heavy atom. The SMILES string of the molecule is CC[C@H](C)n1nnc2cc(S(=O)(=O)N(C)CC(=O)NCc3ccc(Cl)cc3)ccc21.